The van der Waals surface area contributed by atoms with Crippen molar-refractivity contribution < 1.29 is 9.53 Å². The van der Waals surface area contributed by atoms with Crippen LogP contribution in [0.15, 0.2) is 42.5 Å². The molecule has 3 nitrogen and oxygen atoms in total. The zero-order valence-electron chi connectivity index (χ0n) is 13.0. The molecule has 1 atom stereocenters. The Morgan fingerprint density at radius 2 is 1.86 bits per heavy atom. The van der Waals surface area contributed by atoms with Crippen LogP contribution in [0.2, 0.25) is 5.02 Å². The fraction of sp³-hybridized carbons (Fsp3) is 0.278. The summed E-state index contributed by atoms with van der Waals surface area (Å²) in [6.45, 7) is 6.16. The molecular formula is C18H20ClNO2. The SMILES string of the molecule is Cc1ccc(CNC(=O)C(C)Oc2ccc(Cl)c(C)c2)cc1. The minimum Gasteiger partial charge on any atom is -0.481 e. The summed E-state index contributed by atoms with van der Waals surface area (Å²) in [4.78, 5) is 12.1. The number of carbonyl (C=O) groups excluding carboxylic acids is 1. The number of hydrogen-bond acceptors (Lipinski definition) is 2. The second kappa shape index (κ2) is 7.32. The molecule has 0 spiro atoms. The Morgan fingerprint density at radius 1 is 1.18 bits per heavy atom. The fourth-order valence-corrected chi connectivity index (χ4v) is 2.10. The van der Waals surface area contributed by atoms with Gasteiger partial charge in [-0.05, 0) is 50.1 Å². The zero-order valence-corrected chi connectivity index (χ0v) is 13.8. The van der Waals surface area contributed by atoms with E-state index in [4.69, 9.17) is 16.3 Å². The topological polar surface area (TPSA) is 38.3 Å². The highest BCUT2D eigenvalue weighted by Gasteiger charge is 2.14. The molecule has 4 heteroatoms. The minimum atomic E-state index is -0.564. The predicted octanol–water partition coefficient (Wildman–Crippen LogP) is 4.04. The molecule has 0 saturated heterocycles. The number of amides is 1. The molecule has 0 bridgehead atoms. The lowest BCUT2D eigenvalue weighted by atomic mass is 10.1. The molecule has 1 unspecified atom stereocenters. The van der Waals surface area contributed by atoms with E-state index < -0.39 is 6.10 Å². The van der Waals surface area contributed by atoms with Crippen molar-refractivity contribution in [1.29, 1.82) is 0 Å². The van der Waals surface area contributed by atoms with E-state index in [9.17, 15) is 4.79 Å². The molecule has 1 amide bonds. The van der Waals surface area contributed by atoms with Crippen LogP contribution in [0.25, 0.3) is 0 Å². The Hall–Kier alpha value is -2.00. The van der Waals surface area contributed by atoms with Crippen molar-refractivity contribution in [3.05, 3.63) is 64.2 Å². The van der Waals surface area contributed by atoms with Crippen molar-refractivity contribution in [1.82, 2.24) is 5.32 Å². The van der Waals surface area contributed by atoms with Crippen molar-refractivity contribution in [2.75, 3.05) is 0 Å². The van der Waals surface area contributed by atoms with Crippen LogP contribution in [0, 0.1) is 13.8 Å². The average Bonchev–Trinajstić information content (AvgIpc) is 2.50. The summed E-state index contributed by atoms with van der Waals surface area (Å²) in [7, 11) is 0. The number of carbonyl (C=O) groups is 1. The second-order valence-corrected chi connectivity index (χ2v) is 5.78. The molecule has 2 rings (SSSR count). The van der Waals surface area contributed by atoms with Crippen LogP contribution in [0.5, 0.6) is 5.75 Å². The Balaban J connectivity index is 1.88. The van der Waals surface area contributed by atoms with Gasteiger partial charge in [0.2, 0.25) is 0 Å². The van der Waals surface area contributed by atoms with Crippen LogP contribution < -0.4 is 10.1 Å². The van der Waals surface area contributed by atoms with Gasteiger partial charge in [-0.2, -0.15) is 0 Å². The molecular weight excluding hydrogens is 298 g/mol. The Kier molecular flexibility index (Phi) is 5.45. The molecule has 2 aromatic carbocycles. The van der Waals surface area contributed by atoms with Crippen LogP contribution in [0.4, 0.5) is 0 Å². The average molecular weight is 318 g/mol. The van der Waals surface area contributed by atoms with Gasteiger partial charge in [-0.15, -0.1) is 0 Å². The van der Waals surface area contributed by atoms with Crippen molar-refractivity contribution >= 4 is 17.5 Å². The van der Waals surface area contributed by atoms with Gasteiger partial charge in [0.05, 0.1) is 0 Å². The van der Waals surface area contributed by atoms with E-state index in [0.717, 1.165) is 11.1 Å². The number of halogens is 1. The van der Waals surface area contributed by atoms with E-state index in [1.54, 1.807) is 19.1 Å². The molecule has 2 aromatic rings. The third-order valence-electron chi connectivity index (χ3n) is 3.40. The van der Waals surface area contributed by atoms with E-state index >= 15 is 0 Å². The van der Waals surface area contributed by atoms with E-state index in [1.807, 2.05) is 44.2 Å². The quantitative estimate of drug-likeness (QED) is 0.903. The summed E-state index contributed by atoms with van der Waals surface area (Å²) >= 11 is 5.97. The zero-order chi connectivity index (χ0) is 16.1. The van der Waals surface area contributed by atoms with Gasteiger partial charge in [0.25, 0.3) is 5.91 Å². The van der Waals surface area contributed by atoms with E-state index in [-0.39, 0.29) is 5.91 Å². The number of rotatable bonds is 5. The molecule has 0 fully saturated rings. The minimum absolute atomic E-state index is 0.145. The first-order valence-electron chi connectivity index (χ1n) is 7.22. The maximum absolute atomic E-state index is 12.1. The Morgan fingerprint density at radius 3 is 2.50 bits per heavy atom. The van der Waals surface area contributed by atoms with Crippen molar-refractivity contribution in [3.63, 3.8) is 0 Å². The second-order valence-electron chi connectivity index (χ2n) is 5.37. The molecule has 1 N–H and O–H groups in total. The number of nitrogens with one attached hydrogen (secondary N) is 1. The Labute approximate surface area is 136 Å². The monoisotopic (exact) mass is 317 g/mol. The maximum atomic E-state index is 12.1. The lowest BCUT2D eigenvalue weighted by Crippen LogP contribution is -2.35. The normalized spacial score (nSPS) is 11.8. The van der Waals surface area contributed by atoms with Gasteiger partial charge >= 0.3 is 0 Å². The largest absolute Gasteiger partial charge is 0.481 e. The summed E-state index contributed by atoms with van der Waals surface area (Å²) < 4.78 is 5.65. The summed E-state index contributed by atoms with van der Waals surface area (Å²) in [5, 5.41) is 3.56. The highest BCUT2D eigenvalue weighted by Crippen LogP contribution is 2.21. The fourth-order valence-electron chi connectivity index (χ4n) is 1.99. The van der Waals surface area contributed by atoms with Crippen molar-refractivity contribution in [2.45, 2.75) is 33.4 Å². The van der Waals surface area contributed by atoms with Crippen LogP contribution in [0.1, 0.15) is 23.6 Å². The molecule has 0 radical (unpaired) electrons. The standard InChI is InChI=1S/C18H20ClNO2/c1-12-4-6-15(7-5-12)11-20-18(21)14(3)22-16-8-9-17(19)13(2)10-16/h4-10,14H,11H2,1-3H3,(H,20,21). The lowest BCUT2D eigenvalue weighted by molar-refractivity contribution is -0.127. The van der Waals surface area contributed by atoms with Crippen LogP contribution in [0.3, 0.4) is 0 Å². The van der Waals surface area contributed by atoms with Crippen LogP contribution in [-0.4, -0.2) is 12.0 Å². The van der Waals surface area contributed by atoms with Gasteiger partial charge in [0, 0.05) is 11.6 Å². The number of benzene rings is 2. The van der Waals surface area contributed by atoms with Crippen LogP contribution in [-0.2, 0) is 11.3 Å². The highest BCUT2D eigenvalue weighted by molar-refractivity contribution is 6.31. The molecule has 0 aromatic heterocycles. The third kappa shape index (κ3) is 4.50. The van der Waals surface area contributed by atoms with Crippen LogP contribution >= 0.6 is 11.6 Å². The maximum Gasteiger partial charge on any atom is 0.261 e. The highest BCUT2D eigenvalue weighted by atomic mass is 35.5. The molecule has 22 heavy (non-hydrogen) atoms. The van der Waals surface area contributed by atoms with Gasteiger partial charge < -0.3 is 10.1 Å². The van der Waals surface area contributed by atoms with Gasteiger partial charge in [-0.25, -0.2) is 0 Å². The van der Waals surface area contributed by atoms with Crippen molar-refractivity contribution in [2.24, 2.45) is 0 Å². The van der Waals surface area contributed by atoms with Gasteiger partial charge in [0.15, 0.2) is 6.10 Å². The van der Waals surface area contributed by atoms with Gasteiger partial charge in [-0.3, -0.25) is 4.79 Å². The molecule has 0 aliphatic carbocycles. The number of hydrogen-bond donors (Lipinski definition) is 1. The third-order valence-corrected chi connectivity index (χ3v) is 3.82. The molecule has 0 saturated carbocycles. The first-order valence-corrected chi connectivity index (χ1v) is 7.59. The predicted molar refractivity (Wildman–Crippen MR) is 89.3 cm³/mol. The number of ether oxygens (including phenoxy) is 1. The van der Waals surface area contributed by atoms with Gasteiger partial charge in [0.1, 0.15) is 5.75 Å². The first kappa shape index (κ1) is 16.4. The van der Waals surface area contributed by atoms with E-state index in [2.05, 4.69) is 5.32 Å². The molecule has 116 valence electrons. The summed E-state index contributed by atoms with van der Waals surface area (Å²) in [5.41, 5.74) is 3.19. The van der Waals surface area contributed by atoms with E-state index in [1.165, 1.54) is 5.56 Å². The first-order chi connectivity index (χ1) is 10.5. The van der Waals surface area contributed by atoms with E-state index in [0.29, 0.717) is 17.3 Å². The molecule has 0 heterocycles. The molecule has 0 aliphatic rings. The summed E-state index contributed by atoms with van der Waals surface area (Å²) in [6.07, 6.45) is -0.564. The summed E-state index contributed by atoms with van der Waals surface area (Å²) in [5.74, 6) is 0.494. The van der Waals surface area contributed by atoms with Crippen molar-refractivity contribution in [3.8, 4) is 5.75 Å². The van der Waals surface area contributed by atoms with Gasteiger partial charge in [-0.1, -0.05) is 41.4 Å². The Bertz CT molecular complexity index is 653. The molecule has 0 aliphatic heterocycles. The summed E-state index contributed by atoms with van der Waals surface area (Å²) in [6, 6.07) is 13.4. The smallest absolute Gasteiger partial charge is 0.261 e. The lowest BCUT2D eigenvalue weighted by Gasteiger charge is -2.15. The number of aryl methyl sites for hydroxylation is 2.